The van der Waals surface area contributed by atoms with E-state index in [0.717, 1.165) is 17.5 Å². The van der Waals surface area contributed by atoms with E-state index in [1.807, 2.05) is 31.2 Å². The standard InChI is InChI=1S/C18H17F3N4O/c1-12(22)10-13-2-4-14(5-3-13)17-23-11-25(24-17)15-6-8-16(9-7-15)26-18(19,20)21/h2-9,11-12H,10,22H2,1H3/t12-/m0/s1. The molecule has 5 nitrogen and oxygen atoms in total. The van der Waals surface area contributed by atoms with Crippen molar-refractivity contribution in [3.8, 4) is 22.8 Å². The third-order valence-electron chi connectivity index (χ3n) is 3.60. The number of rotatable bonds is 5. The van der Waals surface area contributed by atoms with Crippen molar-refractivity contribution in [3.63, 3.8) is 0 Å². The molecule has 1 aromatic heterocycles. The van der Waals surface area contributed by atoms with Crippen molar-refractivity contribution in [1.29, 1.82) is 0 Å². The van der Waals surface area contributed by atoms with E-state index in [1.165, 1.54) is 35.3 Å². The number of nitrogens with two attached hydrogens (primary N) is 1. The van der Waals surface area contributed by atoms with Crippen molar-refractivity contribution < 1.29 is 17.9 Å². The van der Waals surface area contributed by atoms with Gasteiger partial charge in [0.2, 0.25) is 0 Å². The lowest BCUT2D eigenvalue weighted by atomic mass is 10.1. The summed E-state index contributed by atoms with van der Waals surface area (Å²) >= 11 is 0. The molecule has 1 atom stereocenters. The summed E-state index contributed by atoms with van der Waals surface area (Å²) in [6, 6.07) is 13.3. The zero-order valence-corrected chi connectivity index (χ0v) is 13.9. The Morgan fingerprint density at radius 1 is 1.08 bits per heavy atom. The van der Waals surface area contributed by atoms with Crippen molar-refractivity contribution in [3.05, 3.63) is 60.4 Å². The van der Waals surface area contributed by atoms with E-state index in [9.17, 15) is 13.2 Å². The summed E-state index contributed by atoms with van der Waals surface area (Å²) in [5.41, 5.74) is 8.33. The molecule has 26 heavy (non-hydrogen) atoms. The highest BCUT2D eigenvalue weighted by atomic mass is 19.4. The van der Waals surface area contributed by atoms with Crippen LogP contribution in [-0.2, 0) is 6.42 Å². The number of nitrogens with zero attached hydrogens (tertiary/aromatic N) is 3. The minimum atomic E-state index is -4.71. The van der Waals surface area contributed by atoms with Crippen LogP contribution in [0.2, 0.25) is 0 Å². The van der Waals surface area contributed by atoms with Gasteiger partial charge in [-0.15, -0.1) is 18.3 Å². The summed E-state index contributed by atoms with van der Waals surface area (Å²) < 4.78 is 41.9. The van der Waals surface area contributed by atoms with E-state index in [-0.39, 0.29) is 11.8 Å². The summed E-state index contributed by atoms with van der Waals surface area (Å²) in [7, 11) is 0. The Labute approximate surface area is 148 Å². The van der Waals surface area contributed by atoms with Gasteiger partial charge < -0.3 is 10.5 Å². The molecule has 0 aliphatic rings. The van der Waals surface area contributed by atoms with Crippen LogP contribution in [0.4, 0.5) is 13.2 Å². The van der Waals surface area contributed by atoms with Crippen LogP contribution in [0.5, 0.6) is 5.75 Å². The Hall–Kier alpha value is -2.87. The maximum absolute atomic E-state index is 12.2. The summed E-state index contributed by atoms with van der Waals surface area (Å²) in [5.74, 6) is 0.235. The van der Waals surface area contributed by atoms with Crippen LogP contribution < -0.4 is 10.5 Å². The number of ether oxygens (including phenoxy) is 1. The number of alkyl halides is 3. The molecule has 0 amide bonds. The van der Waals surface area contributed by atoms with Crippen LogP contribution in [0.1, 0.15) is 12.5 Å². The SMILES string of the molecule is C[C@H](N)Cc1ccc(-c2ncn(-c3ccc(OC(F)(F)F)cc3)n2)cc1. The van der Waals surface area contributed by atoms with Gasteiger partial charge in [0.15, 0.2) is 5.82 Å². The van der Waals surface area contributed by atoms with Crippen molar-refractivity contribution in [1.82, 2.24) is 14.8 Å². The lowest BCUT2D eigenvalue weighted by Gasteiger charge is -2.09. The Bertz CT molecular complexity index is 855. The number of hydrogen-bond donors (Lipinski definition) is 1. The third kappa shape index (κ3) is 4.60. The fourth-order valence-electron chi connectivity index (χ4n) is 2.48. The molecule has 1 heterocycles. The van der Waals surface area contributed by atoms with Crippen LogP contribution in [-0.4, -0.2) is 27.2 Å². The van der Waals surface area contributed by atoms with Crippen molar-refractivity contribution in [2.75, 3.05) is 0 Å². The van der Waals surface area contributed by atoms with E-state index in [1.54, 1.807) is 0 Å². The normalized spacial score (nSPS) is 12.8. The first-order chi connectivity index (χ1) is 12.3. The molecule has 136 valence electrons. The molecule has 0 fully saturated rings. The van der Waals surface area contributed by atoms with Crippen molar-refractivity contribution in [2.24, 2.45) is 5.73 Å². The molecule has 0 unspecified atom stereocenters. The Morgan fingerprint density at radius 2 is 1.73 bits per heavy atom. The van der Waals surface area contributed by atoms with Gasteiger partial charge in [-0.25, -0.2) is 9.67 Å². The van der Waals surface area contributed by atoms with Crippen LogP contribution in [0.3, 0.4) is 0 Å². The number of benzene rings is 2. The average Bonchev–Trinajstić information content (AvgIpc) is 3.04. The number of aromatic nitrogens is 3. The van der Waals surface area contributed by atoms with Crippen LogP contribution >= 0.6 is 0 Å². The summed E-state index contributed by atoms with van der Waals surface area (Å²) in [5, 5.41) is 4.36. The maximum atomic E-state index is 12.2. The molecule has 3 aromatic rings. The molecule has 0 saturated carbocycles. The summed E-state index contributed by atoms with van der Waals surface area (Å²) in [6.45, 7) is 1.95. The molecule has 0 spiro atoms. The van der Waals surface area contributed by atoms with Crippen LogP contribution in [0.25, 0.3) is 17.1 Å². The maximum Gasteiger partial charge on any atom is 0.573 e. The van der Waals surface area contributed by atoms with Crippen molar-refractivity contribution in [2.45, 2.75) is 25.7 Å². The van der Waals surface area contributed by atoms with Crippen LogP contribution in [0.15, 0.2) is 54.9 Å². The first kappa shape index (κ1) is 17.9. The minimum Gasteiger partial charge on any atom is -0.406 e. The van der Waals surface area contributed by atoms with E-state index in [2.05, 4.69) is 14.8 Å². The van der Waals surface area contributed by atoms with Gasteiger partial charge in [-0.05, 0) is 43.2 Å². The highest BCUT2D eigenvalue weighted by Gasteiger charge is 2.30. The van der Waals surface area contributed by atoms with Gasteiger partial charge in [0, 0.05) is 11.6 Å². The van der Waals surface area contributed by atoms with E-state index in [0.29, 0.717) is 11.5 Å². The third-order valence-corrected chi connectivity index (χ3v) is 3.60. The van der Waals surface area contributed by atoms with Gasteiger partial charge in [0.25, 0.3) is 0 Å². The zero-order chi connectivity index (χ0) is 18.7. The molecule has 0 radical (unpaired) electrons. The smallest absolute Gasteiger partial charge is 0.406 e. The fraction of sp³-hybridized carbons (Fsp3) is 0.222. The first-order valence-electron chi connectivity index (χ1n) is 7.93. The van der Waals surface area contributed by atoms with Crippen LogP contribution in [0, 0.1) is 0 Å². The van der Waals surface area contributed by atoms with Gasteiger partial charge in [0.05, 0.1) is 5.69 Å². The Morgan fingerprint density at radius 3 is 2.31 bits per heavy atom. The second-order valence-electron chi connectivity index (χ2n) is 5.93. The Kier molecular flexibility index (Phi) is 4.94. The summed E-state index contributed by atoms with van der Waals surface area (Å²) in [6.07, 6.45) is -2.42. The van der Waals surface area contributed by atoms with E-state index in [4.69, 9.17) is 5.73 Å². The van der Waals surface area contributed by atoms with Crippen molar-refractivity contribution >= 4 is 0 Å². The number of halogens is 3. The second kappa shape index (κ2) is 7.17. The van der Waals surface area contributed by atoms with Gasteiger partial charge >= 0.3 is 6.36 Å². The second-order valence-corrected chi connectivity index (χ2v) is 5.93. The first-order valence-corrected chi connectivity index (χ1v) is 7.93. The minimum absolute atomic E-state index is 0.0856. The van der Waals surface area contributed by atoms with E-state index >= 15 is 0 Å². The van der Waals surface area contributed by atoms with Gasteiger partial charge in [-0.3, -0.25) is 0 Å². The average molecular weight is 362 g/mol. The predicted molar refractivity (Wildman–Crippen MR) is 90.8 cm³/mol. The topological polar surface area (TPSA) is 66.0 Å². The van der Waals surface area contributed by atoms with Gasteiger partial charge in [0.1, 0.15) is 12.1 Å². The number of hydrogen-bond acceptors (Lipinski definition) is 4. The molecule has 0 saturated heterocycles. The largest absolute Gasteiger partial charge is 0.573 e. The molecular formula is C18H17F3N4O. The summed E-state index contributed by atoms with van der Waals surface area (Å²) in [4.78, 5) is 4.25. The lowest BCUT2D eigenvalue weighted by Crippen LogP contribution is -2.17. The van der Waals surface area contributed by atoms with E-state index < -0.39 is 6.36 Å². The molecule has 0 aliphatic carbocycles. The Balaban J connectivity index is 1.75. The lowest BCUT2D eigenvalue weighted by molar-refractivity contribution is -0.274. The monoisotopic (exact) mass is 362 g/mol. The van der Waals surface area contributed by atoms with Gasteiger partial charge in [-0.1, -0.05) is 24.3 Å². The molecule has 2 aromatic carbocycles. The highest BCUT2D eigenvalue weighted by molar-refractivity contribution is 5.55. The zero-order valence-electron chi connectivity index (χ0n) is 13.9. The predicted octanol–water partition coefficient (Wildman–Crippen LogP) is 3.72. The van der Waals surface area contributed by atoms with Gasteiger partial charge in [-0.2, -0.15) is 0 Å². The molecule has 0 aliphatic heterocycles. The molecular weight excluding hydrogens is 345 g/mol. The quantitative estimate of drug-likeness (QED) is 0.751. The molecule has 8 heteroatoms. The molecule has 0 bridgehead atoms. The highest BCUT2D eigenvalue weighted by Crippen LogP contribution is 2.24. The molecule has 3 rings (SSSR count). The fourth-order valence-corrected chi connectivity index (χ4v) is 2.48. The molecule has 2 N–H and O–H groups in total.